The minimum absolute atomic E-state index is 0.0384. The molecule has 168 valence electrons. The highest BCUT2D eigenvalue weighted by Gasteiger charge is 2.52. The Balaban J connectivity index is 1.46. The van der Waals surface area contributed by atoms with Crippen LogP contribution in [0.2, 0.25) is 0 Å². The number of anilines is 1. The molecule has 1 N–H and O–H groups in total. The van der Waals surface area contributed by atoms with Gasteiger partial charge in [-0.2, -0.15) is 13.2 Å². The van der Waals surface area contributed by atoms with Gasteiger partial charge < -0.3 is 24.4 Å². The van der Waals surface area contributed by atoms with E-state index < -0.39 is 23.7 Å². The van der Waals surface area contributed by atoms with Gasteiger partial charge in [-0.25, -0.2) is 4.98 Å². The lowest BCUT2D eigenvalue weighted by molar-refractivity contribution is -0.155. The zero-order valence-corrected chi connectivity index (χ0v) is 17.3. The van der Waals surface area contributed by atoms with E-state index in [1.165, 1.54) is 31.9 Å². The van der Waals surface area contributed by atoms with Gasteiger partial charge in [0.15, 0.2) is 11.5 Å². The summed E-state index contributed by atoms with van der Waals surface area (Å²) in [5.74, 6) is -0.754. The van der Waals surface area contributed by atoms with Crippen LogP contribution in [0, 0.1) is 0 Å². The summed E-state index contributed by atoms with van der Waals surface area (Å²) in [4.78, 5) is 9.73. The number of hydrogen-bond acceptors (Lipinski definition) is 7. The van der Waals surface area contributed by atoms with Gasteiger partial charge in [0, 0.05) is 6.54 Å². The smallest absolute Gasteiger partial charge is 0.372 e. The molecule has 30 heavy (non-hydrogen) atoms. The Labute approximate surface area is 174 Å². The molecule has 4 heterocycles. The van der Waals surface area contributed by atoms with Gasteiger partial charge in [0.25, 0.3) is 0 Å². The van der Waals surface area contributed by atoms with Gasteiger partial charge in [0.2, 0.25) is 0 Å². The van der Waals surface area contributed by atoms with E-state index in [4.69, 9.17) is 14.2 Å². The molecule has 0 bridgehead atoms. The van der Waals surface area contributed by atoms with E-state index >= 15 is 0 Å². The molecule has 3 fully saturated rings. The average Bonchev–Trinajstić information content (AvgIpc) is 2.84. The minimum Gasteiger partial charge on any atom is -0.372 e. The Morgan fingerprint density at radius 2 is 1.80 bits per heavy atom. The quantitative estimate of drug-likeness (QED) is 0.787. The van der Waals surface area contributed by atoms with Crippen LogP contribution in [0.1, 0.15) is 45.2 Å². The van der Waals surface area contributed by atoms with Gasteiger partial charge in [-0.05, 0) is 39.8 Å². The molecule has 10 heteroatoms. The van der Waals surface area contributed by atoms with Crippen LogP contribution in [-0.4, -0.2) is 71.2 Å². The van der Waals surface area contributed by atoms with Crippen LogP contribution in [0.15, 0.2) is 12.4 Å². The van der Waals surface area contributed by atoms with Crippen molar-refractivity contribution < 1.29 is 27.4 Å². The Hall–Kier alpha value is -1.49. The second-order valence-corrected chi connectivity index (χ2v) is 8.69. The highest BCUT2D eigenvalue weighted by molar-refractivity contribution is 5.35. The first-order valence-corrected chi connectivity index (χ1v) is 10.6. The van der Waals surface area contributed by atoms with Crippen molar-refractivity contribution in [2.75, 3.05) is 31.6 Å². The second kappa shape index (κ2) is 8.57. The molecular weight excluding hydrogens is 401 g/mol. The molecule has 1 aromatic rings. The highest BCUT2D eigenvalue weighted by atomic mass is 19.4. The molecular formula is C20H29F3N4O3. The minimum atomic E-state index is -4.55. The fourth-order valence-corrected chi connectivity index (χ4v) is 4.45. The van der Waals surface area contributed by atoms with Crippen LogP contribution in [0.3, 0.4) is 0 Å². The van der Waals surface area contributed by atoms with Crippen molar-refractivity contribution in [1.82, 2.24) is 14.9 Å². The molecule has 1 aromatic heterocycles. The summed E-state index contributed by atoms with van der Waals surface area (Å²) in [5.41, 5.74) is -1.04. The molecule has 0 aromatic carbocycles. The first-order valence-electron chi connectivity index (χ1n) is 10.6. The number of alkyl halides is 3. The Kier molecular flexibility index (Phi) is 6.20. The number of halogens is 3. The Morgan fingerprint density at radius 1 is 1.10 bits per heavy atom. The summed E-state index contributed by atoms with van der Waals surface area (Å²) in [5, 5.41) is 3.02. The summed E-state index contributed by atoms with van der Waals surface area (Å²) in [6.45, 7) is 6.82. The lowest BCUT2D eigenvalue weighted by Crippen LogP contribution is -2.57. The number of nitrogens with zero attached hydrogens (tertiary/aromatic N) is 3. The zero-order chi connectivity index (χ0) is 21.4. The third kappa shape index (κ3) is 5.04. The largest absolute Gasteiger partial charge is 0.434 e. The maximum Gasteiger partial charge on any atom is 0.434 e. The fourth-order valence-electron chi connectivity index (χ4n) is 4.45. The van der Waals surface area contributed by atoms with Crippen molar-refractivity contribution in [3.63, 3.8) is 0 Å². The maximum atomic E-state index is 13.0. The predicted molar refractivity (Wildman–Crippen MR) is 103 cm³/mol. The summed E-state index contributed by atoms with van der Waals surface area (Å²) < 4.78 is 57.3. The molecule has 4 rings (SSSR count). The van der Waals surface area contributed by atoms with Crippen LogP contribution >= 0.6 is 0 Å². The molecule has 0 saturated carbocycles. The SMILES string of the molecule is CC1(C)O[C@@H]2[C@H](O1)[C@@H](Nc1cncc(C(F)(F)F)n1)CO[C@@H]2CN1CCCCCC1. The van der Waals surface area contributed by atoms with E-state index in [1.54, 1.807) is 0 Å². The van der Waals surface area contributed by atoms with Crippen molar-refractivity contribution in [2.24, 2.45) is 0 Å². The molecule has 3 aliphatic heterocycles. The van der Waals surface area contributed by atoms with Crippen molar-refractivity contribution in [3.8, 4) is 0 Å². The third-order valence-corrected chi connectivity index (χ3v) is 5.81. The summed E-state index contributed by atoms with van der Waals surface area (Å²) in [6, 6.07) is -0.394. The van der Waals surface area contributed by atoms with Gasteiger partial charge in [-0.15, -0.1) is 0 Å². The third-order valence-electron chi connectivity index (χ3n) is 5.81. The van der Waals surface area contributed by atoms with E-state index in [-0.39, 0.29) is 30.7 Å². The van der Waals surface area contributed by atoms with E-state index in [0.717, 1.165) is 19.6 Å². The summed E-state index contributed by atoms with van der Waals surface area (Å²) >= 11 is 0. The van der Waals surface area contributed by atoms with E-state index in [2.05, 4.69) is 20.2 Å². The number of fused-ring (bicyclic) bond motifs is 1. The number of aromatic nitrogens is 2. The molecule has 3 saturated heterocycles. The van der Waals surface area contributed by atoms with Crippen molar-refractivity contribution in [3.05, 3.63) is 18.1 Å². The van der Waals surface area contributed by atoms with E-state index in [9.17, 15) is 13.2 Å². The molecule has 7 nitrogen and oxygen atoms in total. The topological polar surface area (TPSA) is 68.7 Å². The predicted octanol–water partition coefficient (Wildman–Crippen LogP) is 3.07. The average molecular weight is 430 g/mol. The van der Waals surface area contributed by atoms with Crippen molar-refractivity contribution >= 4 is 5.82 Å². The lowest BCUT2D eigenvalue weighted by Gasteiger charge is -2.39. The molecule has 0 radical (unpaired) electrons. The van der Waals surface area contributed by atoms with Gasteiger partial charge >= 0.3 is 6.18 Å². The maximum absolute atomic E-state index is 13.0. The monoisotopic (exact) mass is 430 g/mol. The van der Waals surface area contributed by atoms with Crippen molar-refractivity contribution in [1.29, 1.82) is 0 Å². The van der Waals surface area contributed by atoms with Gasteiger partial charge in [0.1, 0.15) is 18.0 Å². The highest BCUT2D eigenvalue weighted by Crippen LogP contribution is 2.37. The Bertz CT molecular complexity index is 725. The van der Waals surface area contributed by atoms with Crippen molar-refractivity contribution in [2.45, 2.75) is 75.8 Å². The lowest BCUT2D eigenvalue weighted by atomic mass is 9.97. The van der Waals surface area contributed by atoms with Gasteiger partial charge in [-0.3, -0.25) is 4.98 Å². The zero-order valence-electron chi connectivity index (χ0n) is 17.3. The van der Waals surface area contributed by atoms with Gasteiger partial charge in [-0.1, -0.05) is 12.8 Å². The second-order valence-electron chi connectivity index (χ2n) is 8.69. The van der Waals surface area contributed by atoms with E-state index in [1.807, 2.05) is 13.8 Å². The molecule has 0 aliphatic carbocycles. The first-order chi connectivity index (χ1) is 14.2. The number of likely N-dealkylation sites (tertiary alicyclic amines) is 1. The number of rotatable bonds is 4. The van der Waals surface area contributed by atoms with Crippen LogP contribution in [0.25, 0.3) is 0 Å². The molecule has 0 spiro atoms. The number of ether oxygens (including phenoxy) is 3. The van der Waals surface area contributed by atoms with Crippen LogP contribution in [0.5, 0.6) is 0 Å². The standard InChI is InChI=1S/C20H29F3N4O3/c1-19(2)29-17-13(25-16-10-24-9-15(26-16)20(21,22)23)12-28-14(18(17)30-19)11-27-7-5-3-4-6-8-27/h9-10,13-14,17-18H,3-8,11-12H2,1-2H3,(H,25,26)/t13-,14+,17+,18-/m0/s1. The molecule has 3 aliphatic rings. The Morgan fingerprint density at radius 3 is 2.50 bits per heavy atom. The molecule has 0 amide bonds. The number of hydrogen-bond donors (Lipinski definition) is 1. The summed E-state index contributed by atoms with van der Waals surface area (Å²) in [7, 11) is 0. The first kappa shape index (κ1) is 21.7. The summed E-state index contributed by atoms with van der Waals surface area (Å²) in [6.07, 6.45) is 1.48. The van der Waals surface area contributed by atoms with Crippen LogP contribution < -0.4 is 5.32 Å². The normalized spacial score (nSPS) is 32.4. The number of nitrogens with one attached hydrogen (secondary N) is 1. The van der Waals surface area contributed by atoms with E-state index in [0.29, 0.717) is 6.20 Å². The van der Waals surface area contributed by atoms with Gasteiger partial charge in [0.05, 0.1) is 31.1 Å². The van der Waals surface area contributed by atoms with Crippen LogP contribution in [-0.2, 0) is 20.4 Å². The fraction of sp³-hybridized carbons (Fsp3) is 0.800. The molecule has 0 unspecified atom stereocenters. The molecule has 4 atom stereocenters. The van der Waals surface area contributed by atoms with Crippen LogP contribution in [0.4, 0.5) is 19.0 Å².